The van der Waals surface area contributed by atoms with Crippen molar-refractivity contribution >= 4 is 5.82 Å². The number of halogens is 3. The van der Waals surface area contributed by atoms with Gasteiger partial charge in [0.05, 0.1) is 5.56 Å². The largest absolute Gasteiger partial charge is 0.439 e. The Morgan fingerprint density at radius 1 is 1.15 bits per heavy atom. The second-order valence-electron chi connectivity index (χ2n) is 4.19. The standard InChI is InChI=1S/C14H13F3N2O/c1-9-5-3-4-6-11(9)20-13-8-10(14(15,16)17)7-12(18-2)19-13/h3-8H,1-2H3,(H,18,19). The SMILES string of the molecule is CNc1cc(C(F)(F)F)cc(Oc2ccccc2C)n1. The third kappa shape index (κ3) is 3.20. The number of benzene rings is 1. The van der Waals surface area contributed by atoms with E-state index in [-0.39, 0.29) is 11.7 Å². The molecule has 0 aliphatic heterocycles. The zero-order valence-corrected chi connectivity index (χ0v) is 11.0. The highest BCUT2D eigenvalue weighted by molar-refractivity contribution is 5.44. The van der Waals surface area contributed by atoms with E-state index in [0.29, 0.717) is 5.75 Å². The molecule has 0 atom stereocenters. The zero-order valence-electron chi connectivity index (χ0n) is 11.0. The fraction of sp³-hybridized carbons (Fsp3) is 0.214. The van der Waals surface area contributed by atoms with E-state index in [1.807, 2.05) is 19.1 Å². The van der Waals surface area contributed by atoms with E-state index in [4.69, 9.17) is 4.74 Å². The van der Waals surface area contributed by atoms with E-state index in [1.54, 1.807) is 12.1 Å². The summed E-state index contributed by atoms with van der Waals surface area (Å²) in [6, 6.07) is 8.87. The first kappa shape index (κ1) is 14.2. The second-order valence-corrected chi connectivity index (χ2v) is 4.19. The number of para-hydroxylation sites is 1. The number of ether oxygens (including phenoxy) is 1. The first-order valence-corrected chi connectivity index (χ1v) is 5.90. The van der Waals surface area contributed by atoms with Crippen molar-refractivity contribution in [2.75, 3.05) is 12.4 Å². The van der Waals surface area contributed by atoms with Crippen LogP contribution in [0.3, 0.4) is 0 Å². The Morgan fingerprint density at radius 3 is 2.45 bits per heavy atom. The highest BCUT2D eigenvalue weighted by Crippen LogP contribution is 2.34. The lowest BCUT2D eigenvalue weighted by molar-refractivity contribution is -0.137. The Kier molecular flexibility index (Phi) is 3.83. The van der Waals surface area contributed by atoms with Gasteiger partial charge in [0.1, 0.15) is 11.6 Å². The first-order chi connectivity index (χ1) is 9.40. The Labute approximate surface area is 114 Å². The third-order valence-corrected chi connectivity index (χ3v) is 2.69. The summed E-state index contributed by atoms with van der Waals surface area (Å²) < 4.78 is 43.8. The van der Waals surface area contributed by atoms with E-state index >= 15 is 0 Å². The summed E-state index contributed by atoms with van der Waals surface area (Å²) in [5.41, 5.74) is 0.0122. The zero-order chi connectivity index (χ0) is 14.8. The number of anilines is 1. The van der Waals surface area contributed by atoms with E-state index in [9.17, 15) is 13.2 Å². The summed E-state index contributed by atoms with van der Waals surface area (Å²) >= 11 is 0. The number of rotatable bonds is 3. The molecule has 106 valence electrons. The van der Waals surface area contributed by atoms with E-state index < -0.39 is 11.7 Å². The molecule has 20 heavy (non-hydrogen) atoms. The van der Waals surface area contributed by atoms with Crippen LogP contribution < -0.4 is 10.1 Å². The number of hydrogen-bond acceptors (Lipinski definition) is 3. The van der Waals surface area contributed by atoms with Crippen LogP contribution in [0.1, 0.15) is 11.1 Å². The number of nitrogens with one attached hydrogen (secondary N) is 1. The number of aromatic nitrogens is 1. The molecule has 1 N–H and O–H groups in total. The molecule has 0 aliphatic carbocycles. The number of nitrogens with zero attached hydrogens (tertiary/aromatic N) is 1. The maximum Gasteiger partial charge on any atom is 0.416 e. The van der Waals surface area contributed by atoms with Crippen molar-refractivity contribution in [3.8, 4) is 11.6 Å². The van der Waals surface area contributed by atoms with Gasteiger partial charge in [-0.2, -0.15) is 18.2 Å². The molecule has 0 spiro atoms. The van der Waals surface area contributed by atoms with Gasteiger partial charge in [-0.05, 0) is 24.6 Å². The predicted molar refractivity (Wildman–Crippen MR) is 70.0 cm³/mol. The van der Waals surface area contributed by atoms with E-state index in [1.165, 1.54) is 7.05 Å². The average molecular weight is 282 g/mol. The molecule has 0 unspecified atom stereocenters. The predicted octanol–water partition coefficient (Wildman–Crippen LogP) is 4.24. The van der Waals surface area contributed by atoms with Crippen LogP contribution in [-0.2, 0) is 6.18 Å². The quantitative estimate of drug-likeness (QED) is 0.914. The fourth-order valence-electron chi connectivity index (χ4n) is 1.63. The topological polar surface area (TPSA) is 34.1 Å². The molecular formula is C14H13F3N2O. The van der Waals surface area contributed by atoms with Gasteiger partial charge in [0, 0.05) is 13.1 Å². The molecule has 1 aromatic heterocycles. The van der Waals surface area contributed by atoms with Gasteiger partial charge in [-0.3, -0.25) is 0 Å². The lowest BCUT2D eigenvalue weighted by Gasteiger charge is -2.12. The molecule has 0 fully saturated rings. The van der Waals surface area contributed by atoms with E-state index in [2.05, 4.69) is 10.3 Å². The molecule has 3 nitrogen and oxygen atoms in total. The molecule has 2 aromatic rings. The van der Waals surface area contributed by atoms with Crippen LogP contribution in [0.15, 0.2) is 36.4 Å². The summed E-state index contributed by atoms with van der Waals surface area (Å²) in [4.78, 5) is 3.97. The maximum atomic E-state index is 12.8. The second kappa shape index (κ2) is 5.40. The smallest absolute Gasteiger partial charge is 0.416 e. The van der Waals surface area contributed by atoms with Gasteiger partial charge in [0.2, 0.25) is 5.88 Å². The Hall–Kier alpha value is -2.24. The van der Waals surface area contributed by atoms with Gasteiger partial charge in [-0.15, -0.1) is 0 Å². The summed E-state index contributed by atoms with van der Waals surface area (Å²) in [5, 5.41) is 2.59. The molecule has 1 heterocycles. The van der Waals surface area contributed by atoms with Gasteiger partial charge in [0.25, 0.3) is 0 Å². The normalized spacial score (nSPS) is 11.2. The maximum absolute atomic E-state index is 12.8. The van der Waals surface area contributed by atoms with Crippen LogP contribution >= 0.6 is 0 Å². The molecule has 2 rings (SSSR count). The van der Waals surface area contributed by atoms with Crippen molar-refractivity contribution in [1.29, 1.82) is 0 Å². The van der Waals surface area contributed by atoms with Crippen LogP contribution in [0, 0.1) is 6.92 Å². The molecule has 0 amide bonds. The molecule has 0 radical (unpaired) electrons. The summed E-state index contributed by atoms with van der Waals surface area (Å²) in [6.45, 7) is 1.81. The van der Waals surface area contributed by atoms with Crippen molar-refractivity contribution in [1.82, 2.24) is 4.98 Å². The summed E-state index contributed by atoms with van der Waals surface area (Å²) in [5.74, 6) is 0.475. The van der Waals surface area contributed by atoms with Crippen LogP contribution in [0.5, 0.6) is 11.6 Å². The average Bonchev–Trinajstić information content (AvgIpc) is 2.40. The molecular weight excluding hydrogens is 269 g/mol. The minimum atomic E-state index is -4.45. The van der Waals surface area contributed by atoms with Gasteiger partial charge in [-0.1, -0.05) is 18.2 Å². The van der Waals surface area contributed by atoms with Crippen molar-refractivity contribution in [2.24, 2.45) is 0 Å². The molecule has 0 bridgehead atoms. The van der Waals surface area contributed by atoms with Crippen molar-refractivity contribution in [3.63, 3.8) is 0 Å². The molecule has 6 heteroatoms. The van der Waals surface area contributed by atoms with Gasteiger partial charge in [-0.25, -0.2) is 0 Å². The van der Waals surface area contributed by atoms with Crippen LogP contribution in [0.25, 0.3) is 0 Å². The van der Waals surface area contributed by atoms with Gasteiger partial charge in [0.15, 0.2) is 0 Å². The summed E-state index contributed by atoms with van der Waals surface area (Å²) in [7, 11) is 1.50. The first-order valence-electron chi connectivity index (χ1n) is 5.90. The minimum Gasteiger partial charge on any atom is -0.439 e. The Balaban J connectivity index is 2.39. The van der Waals surface area contributed by atoms with Crippen LogP contribution in [-0.4, -0.2) is 12.0 Å². The van der Waals surface area contributed by atoms with Crippen LogP contribution in [0.2, 0.25) is 0 Å². The minimum absolute atomic E-state index is 0.0986. The van der Waals surface area contributed by atoms with Crippen molar-refractivity contribution in [3.05, 3.63) is 47.5 Å². The highest BCUT2D eigenvalue weighted by Gasteiger charge is 2.32. The third-order valence-electron chi connectivity index (χ3n) is 2.69. The Morgan fingerprint density at radius 2 is 1.85 bits per heavy atom. The number of aryl methyl sites for hydroxylation is 1. The molecule has 0 aliphatic rings. The lowest BCUT2D eigenvalue weighted by atomic mass is 10.2. The van der Waals surface area contributed by atoms with Gasteiger partial charge >= 0.3 is 6.18 Å². The lowest BCUT2D eigenvalue weighted by Crippen LogP contribution is -2.07. The molecule has 0 saturated carbocycles. The molecule has 1 aromatic carbocycles. The summed E-state index contributed by atoms with van der Waals surface area (Å²) in [6.07, 6.45) is -4.45. The van der Waals surface area contributed by atoms with Crippen LogP contribution in [0.4, 0.5) is 19.0 Å². The van der Waals surface area contributed by atoms with Crippen molar-refractivity contribution in [2.45, 2.75) is 13.1 Å². The van der Waals surface area contributed by atoms with Crippen molar-refractivity contribution < 1.29 is 17.9 Å². The fourth-order valence-corrected chi connectivity index (χ4v) is 1.63. The van der Waals surface area contributed by atoms with Gasteiger partial charge < -0.3 is 10.1 Å². The van der Waals surface area contributed by atoms with E-state index in [0.717, 1.165) is 17.7 Å². The monoisotopic (exact) mass is 282 g/mol. The Bertz CT molecular complexity index is 612. The highest BCUT2D eigenvalue weighted by atomic mass is 19.4. The number of alkyl halides is 3. The molecule has 0 saturated heterocycles. The number of pyridine rings is 1. The number of hydrogen-bond donors (Lipinski definition) is 1.